The van der Waals surface area contributed by atoms with Crippen LogP contribution in [0.1, 0.15) is 22.2 Å². The third kappa shape index (κ3) is 3.95. The lowest BCUT2D eigenvalue weighted by molar-refractivity contribution is 0.0731. The molecule has 1 aliphatic rings. The molecule has 0 bridgehead atoms. The fourth-order valence-corrected chi connectivity index (χ4v) is 6.32. The standard InChI is InChI=1S/C20H23N3O4S2/c1-2-22-14-17(16-5-3-4-6-18(16)22)20(24)21-13-15-7-8-19(28-15)29(25,26)23-9-11-27-12-10-23/h3-8,14H,2,9-13H2,1H3,(H,21,24). The Morgan fingerprint density at radius 3 is 2.69 bits per heavy atom. The number of rotatable bonds is 6. The second-order valence-corrected chi connectivity index (χ2v) is 10.1. The summed E-state index contributed by atoms with van der Waals surface area (Å²) in [5.74, 6) is -0.167. The maximum atomic E-state index is 12.8. The second kappa shape index (κ2) is 8.27. The number of carbonyl (C=O) groups is 1. The number of hydrogen-bond donors (Lipinski definition) is 1. The number of para-hydroxylation sites is 1. The number of sulfonamides is 1. The topological polar surface area (TPSA) is 80.6 Å². The zero-order valence-electron chi connectivity index (χ0n) is 16.1. The van der Waals surface area contributed by atoms with Gasteiger partial charge in [-0.15, -0.1) is 11.3 Å². The number of nitrogens with zero attached hydrogens (tertiary/aromatic N) is 2. The number of aromatic nitrogens is 1. The normalized spacial score (nSPS) is 15.6. The molecule has 1 amide bonds. The van der Waals surface area contributed by atoms with Crippen molar-refractivity contribution >= 4 is 38.2 Å². The van der Waals surface area contributed by atoms with E-state index in [1.165, 1.54) is 15.6 Å². The summed E-state index contributed by atoms with van der Waals surface area (Å²) in [6.45, 7) is 4.67. The molecule has 3 aromatic rings. The molecule has 1 saturated heterocycles. The summed E-state index contributed by atoms with van der Waals surface area (Å²) in [7, 11) is -3.50. The molecule has 3 heterocycles. The Morgan fingerprint density at radius 1 is 1.17 bits per heavy atom. The number of benzene rings is 1. The Balaban J connectivity index is 1.47. The van der Waals surface area contributed by atoms with Gasteiger partial charge in [-0.3, -0.25) is 4.79 Å². The van der Waals surface area contributed by atoms with E-state index in [-0.39, 0.29) is 12.5 Å². The van der Waals surface area contributed by atoms with Crippen LogP contribution in [0.4, 0.5) is 0 Å². The number of aryl methyl sites for hydroxylation is 1. The van der Waals surface area contributed by atoms with E-state index in [1.807, 2.05) is 42.0 Å². The van der Waals surface area contributed by atoms with Gasteiger partial charge in [0.1, 0.15) is 4.21 Å². The largest absolute Gasteiger partial charge is 0.379 e. The lowest BCUT2D eigenvalue weighted by atomic mass is 10.1. The van der Waals surface area contributed by atoms with Crippen LogP contribution in [0, 0.1) is 0 Å². The van der Waals surface area contributed by atoms with Gasteiger partial charge in [-0.05, 0) is 25.1 Å². The van der Waals surface area contributed by atoms with Gasteiger partial charge in [0.25, 0.3) is 15.9 Å². The predicted octanol–water partition coefficient (Wildman–Crippen LogP) is 2.67. The van der Waals surface area contributed by atoms with Crippen molar-refractivity contribution in [3.8, 4) is 0 Å². The zero-order valence-corrected chi connectivity index (χ0v) is 17.8. The van der Waals surface area contributed by atoms with Crippen LogP contribution in [0.5, 0.6) is 0 Å². The smallest absolute Gasteiger partial charge is 0.253 e. The van der Waals surface area contributed by atoms with E-state index >= 15 is 0 Å². The predicted molar refractivity (Wildman–Crippen MR) is 113 cm³/mol. The third-order valence-corrected chi connectivity index (χ3v) is 8.45. The van der Waals surface area contributed by atoms with E-state index in [1.54, 1.807) is 12.1 Å². The van der Waals surface area contributed by atoms with Crippen molar-refractivity contribution in [2.45, 2.75) is 24.2 Å². The number of nitrogens with one attached hydrogen (secondary N) is 1. The van der Waals surface area contributed by atoms with Crippen LogP contribution in [-0.4, -0.2) is 49.5 Å². The van der Waals surface area contributed by atoms with Crippen LogP contribution in [0.2, 0.25) is 0 Å². The van der Waals surface area contributed by atoms with Crippen molar-refractivity contribution in [2.75, 3.05) is 26.3 Å². The highest BCUT2D eigenvalue weighted by molar-refractivity contribution is 7.91. The molecule has 1 aromatic carbocycles. The quantitative estimate of drug-likeness (QED) is 0.648. The average Bonchev–Trinajstić information content (AvgIpc) is 3.38. The highest BCUT2D eigenvalue weighted by Gasteiger charge is 2.27. The molecule has 1 N–H and O–H groups in total. The summed E-state index contributed by atoms with van der Waals surface area (Å²) in [4.78, 5) is 13.5. The van der Waals surface area contributed by atoms with Gasteiger partial charge in [0.2, 0.25) is 0 Å². The lowest BCUT2D eigenvalue weighted by Crippen LogP contribution is -2.40. The zero-order chi connectivity index (χ0) is 20.4. The Hall–Kier alpha value is -2.20. The molecule has 0 spiro atoms. The molecule has 7 nitrogen and oxygen atoms in total. The Labute approximate surface area is 173 Å². The molecule has 0 radical (unpaired) electrons. The maximum absolute atomic E-state index is 12.8. The van der Waals surface area contributed by atoms with Crippen molar-refractivity contribution in [2.24, 2.45) is 0 Å². The molecule has 0 unspecified atom stereocenters. The summed E-state index contributed by atoms with van der Waals surface area (Å²) >= 11 is 1.19. The number of hydrogen-bond acceptors (Lipinski definition) is 5. The van der Waals surface area contributed by atoms with E-state index in [0.29, 0.717) is 36.1 Å². The Kier molecular flexibility index (Phi) is 5.73. The van der Waals surface area contributed by atoms with Gasteiger partial charge < -0.3 is 14.6 Å². The van der Waals surface area contributed by atoms with Crippen LogP contribution in [-0.2, 0) is 27.8 Å². The first-order valence-corrected chi connectivity index (χ1v) is 11.8. The number of thiophene rings is 1. The fraction of sp³-hybridized carbons (Fsp3) is 0.350. The van der Waals surface area contributed by atoms with Gasteiger partial charge in [-0.25, -0.2) is 8.42 Å². The molecule has 29 heavy (non-hydrogen) atoms. The summed E-state index contributed by atoms with van der Waals surface area (Å²) in [5, 5.41) is 3.83. The molecule has 154 valence electrons. The van der Waals surface area contributed by atoms with E-state index < -0.39 is 10.0 Å². The van der Waals surface area contributed by atoms with Crippen molar-refractivity contribution in [3.63, 3.8) is 0 Å². The van der Waals surface area contributed by atoms with Crippen LogP contribution >= 0.6 is 11.3 Å². The number of carbonyl (C=O) groups excluding carboxylic acids is 1. The van der Waals surface area contributed by atoms with Gasteiger partial charge in [0, 0.05) is 41.6 Å². The number of fused-ring (bicyclic) bond motifs is 1. The maximum Gasteiger partial charge on any atom is 0.253 e. The number of morpholine rings is 1. The minimum atomic E-state index is -3.50. The highest BCUT2D eigenvalue weighted by atomic mass is 32.2. The van der Waals surface area contributed by atoms with Crippen molar-refractivity contribution in [3.05, 3.63) is 53.0 Å². The minimum Gasteiger partial charge on any atom is -0.379 e. The van der Waals surface area contributed by atoms with Gasteiger partial charge in [-0.2, -0.15) is 4.31 Å². The second-order valence-electron chi connectivity index (χ2n) is 6.77. The monoisotopic (exact) mass is 433 g/mol. The first-order chi connectivity index (χ1) is 14.0. The average molecular weight is 434 g/mol. The molecule has 2 aromatic heterocycles. The fourth-order valence-electron chi connectivity index (χ4n) is 3.46. The van der Waals surface area contributed by atoms with Gasteiger partial charge >= 0.3 is 0 Å². The summed E-state index contributed by atoms with van der Waals surface area (Å²) in [6, 6.07) is 11.2. The summed E-state index contributed by atoms with van der Waals surface area (Å²) in [6.07, 6.45) is 1.86. The first kappa shape index (κ1) is 20.1. The van der Waals surface area contributed by atoms with E-state index in [2.05, 4.69) is 5.32 Å². The Morgan fingerprint density at radius 2 is 1.93 bits per heavy atom. The summed E-state index contributed by atoms with van der Waals surface area (Å²) < 4.78 is 34.5. The number of amides is 1. The molecule has 0 aliphatic carbocycles. The number of ether oxygens (including phenoxy) is 1. The molecule has 9 heteroatoms. The van der Waals surface area contributed by atoms with Crippen LogP contribution in [0.3, 0.4) is 0 Å². The van der Waals surface area contributed by atoms with Gasteiger partial charge in [0.15, 0.2) is 0 Å². The summed E-state index contributed by atoms with van der Waals surface area (Å²) in [5.41, 5.74) is 1.65. The van der Waals surface area contributed by atoms with Crippen LogP contribution in [0.15, 0.2) is 46.8 Å². The van der Waals surface area contributed by atoms with Gasteiger partial charge in [-0.1, -0.05) is 18.2 Å². The van der Waals surface area contributed by atoms with Crippen LogP contribution in [0.25, 0.3) is 10.9 Å². The van der Waals surface area contributed by atoms with Crippen molar-refractivity contribution in [1.82, 2.24) is 14.2 Å². The molecular weight excluding hydrogens is 410 g/mol. The molecule has 1 fully saturated rings. The molecule has 1 aliphatic heterocycles. The third-order valence-electron chi connectivity index (χ3n) is 5.00. The van der Waals surface area contributed by atoms with Gasteiger partial charge in [0.05, 0.1) is 25.3 Å². The molecule has 4 rings (SSSR count). The molecular formula is C20H23N3O4S2. The van der Waals surface area contributed by atoms with E-state index in [9.17, 15) is 13.2 Å². The minimum absolute atomic E-state index is 0.167. The highest BCUT2D eigenvalue weighted by Crippen LogP contribution is 2.26. The lowest BCUT2D eigenvalue weighted by Gasteiger charge is -2.25. The molecule has 0 atom stereocenters. The van der Waals surface area contributed by atoms with Crippen LogP contribution < -0.4 is 5.32 Å². The van der Waals surface area contributed by atoms with Crippen molar-refractivity contribution in [1.29, 1.82) is 0 Å². The van der Waals surface area contributed by atoms with Crippen molar-refractivity contribution < 1.29 is 17.9 Å². The van der Waals surface area contributed by atoms with E-state index in [0.717, 1.165) is 22.3 Å². The molecule has 0 saturated carbocycles. The first-order valence-electron chi connectivity index (χ1n) is 9.53. The van der Waals surface area contributed by atoms with E-state index in [4.69, 9.17) is 4.74 Å². The Bertz CT molecular complexity index is 1130. The SMILES string of the molecule is CCn1cc(C(=O)NCc2ccc(S(=O)(=O)N3CCOCC3)s2)c2ccccc21.